The molecule has 1 aromatic heterocycles. The molecular weight excluding hydrogens is 187 g/mol. The predicted octanol–water partition coefficient (Wildman–Crippen LogP) is -1.58. The number of rotatable bonds is 1. The molecule has 0 aliphatic rings. The van der Waals surface area contributed by atoms with E-state index >= 15 is 0 Å². The van der Waals surface area contributed by atoms with Gasteiger partial charge >= 0.3 is 29.6 Å². The van der Waals surface area contributed by atoms with E-state index in [1.54, 1.807) is 6.07 Å². The third-order valence-corrected chi connectivity index (χ3v) is 1.75. The summed E-state index contributed by atoms with van der Waals surface area (Å²) in [5, 5.41) is 1.38. The first-order valence-electron chi connectivity index (χ1n) is 2.79. The topological polar surface area (TPSA) is 25.8 Å². The van der Waals surface area contributed by atoms with Crippen LogP contribution in [-0.4, -0.2) is 16.2 Å². The molecule has 0 aliphatic heterocycles. The Morgan fingerprint density at radius 3 is 2.55 bits per heavy atom. The Labute approximate surface area is 98.3 Å². The Bertz CT molecular complexity index is 222. The largest absolute Gasteiger partial charge is 1.00 e. The summed E-state index contributed by atoms with van der Waals surface area (Å²) < 4.78 is 0. The molecule has 0 N–H and O–H groups in total. The molecule has 0 fully saturated rings. The fraction of sp³-hybridized carbons (Fsp3) is 0.333. The molecule has 0 spiro atoms. The number of nitrogens with zero attached hydrogens (tertiary/aromatic N) is 2. The van der Waals surface area contributed by atoms with Gasteiger partial charge in [0, 0.05) is 5.69 Å². The summed E-state index contributed by atoms with van der Waals surface area (Å²) in [7, 11) is 0. The fourth-order valence-electron chi connectivity index (χ4n) is 0.605. The first-order valence-corrected chi connectivity index (χ1v) is 4.42. The van der Waals surface area contributed by atoms with Crippen molar-refractivity contribution in [2.75, 3.05) is 6.26 Å². The Hall–Kier alpha value is 0.650. The van der Waals surface area contributed by atoms with Crippen molar-refractivity contribution in [1.82, 2.24) is 9.97 Å². The van der Waals surface area contributed by atoms with Gasteiger partial charge in [-0.3, -0.25) is 4.98 Å². The minimum Gasteiger partial charge on any atom is -0.760 e. The van der Waals surface area contributed by atoms with E-state index in [0.29, 0.717) is 5.03 Å². The minimum atomic E-state index is 0. The summed E-state index contributed by atoms with van der Waals surface area (Å²) in [5.41, 5.74) is 0.935. The van der Waals surface area contributed by atoms with Crippen LogP contribution in [0.15, 0.2) is 16.2 Å². The second-order valence-corrected chi connectivity index (χ2v) is 3.03. The van der Waals surface area contributed by atoms with Crippen LogP contribution in [0, 0.1) is 6.92 Å². The summed E-state index contributed by atoms with van der Waals surface area (Å²) in [4.78, 5) is 8.16. The quantitative estimate of drug-likeness (QED) is 0.177. The summed E-state index contributed by atoms with van der Waals surface area (Å²) >= 11 is 6.40. The normalized spacial score (nSPS) is 8.91. The molecule has 0 saturated heterocycles. The summed E-state index contributed by atoms with van der Waals surface area (Å²) in [6, 6.07) is 1.79. The van der Waals surface area contributed by atoms with Crippen LogP contribution in [0.25, 0.3) is 0 Å². The molecular formula is C6H7N2NaS2. The molecule has 0 unspecified atom stereocenters. The monoisotopic (exact) mass is 194 g/mol. The number of aryl methyl sites for hydroxylation is 1. The van der Waals surface area contributed by atoms with Crippen molar-refractivity contribution in [3.05, 3.63) is 11.8 Å². The fourth-order valence-corrected chi connectivity index (χ4v) is 1.34. The molecule has 1 rings (SSSR count). The zero-order valence-corrected chi connectivity index (χ0v) is 10.4. The van der Waals surface area contributed by atoms with E-state index in [9.17, 15) is 0 Å². The maximum atomic E-state index is 4.89. The Morgan fingerprint density at radius 2 is 2.09 bits per heavy atom. The summed E-state index contributed by atoms with van der Waals surface area (Å²) in [6.07, 6.45) is 1.93. The smallest absolute Gasteiger partial charge is 0.760 e. The summed E-state index contributed by atoms with van der Waals surface area (Å²) in [6.45, 7) is 1.91. The Morgan fingerprint density at radius 1 is 1.45 bits per heavy atom. The molecule has 0 atom stereocenters. The van der Waals surface area contributed by atoms with Gasteiger partial charge in [0.05, 0.1) is 0 Å². The van der Waals surface area contributed by atoms with Gasteiger partial charge < -0.3 is 12.6 Å². The second kappa shape index (κ2) is 5.32. The number of hydrogen-bond donors (Lipinski definition) is 0. The van der Waals surface area contributed by atoms with Crippen molar-refractivity contribution in [1.29, 1.82) is 0 Å². The maximum Gasteiger partial charge on any atom is 1.00 e. The van der Waals surface area contributed by atoms with Crippen LogP contribution in [0.2, 0.25) is 0 Å². The zero-order chi connectivity index (χ0) is 7.56. The van der Waals surface area contributed by atoms with Crippen molar-refractivity contribution in [3.63, 3.8) is 0 Å². The van der Waals surface area contributed by atoms with Gasteiger partial charge in [-0.1, -0.05) is 16.8 Å². The van der Waals surface area contributed by atoms with E-state index in [-0.39, 0.29) is 29.6 Å². The van der Waals surface area contributed by atoms with Gasteiger partial charge in [-0.2, -0.15) is 0 Å². The molecule has 0 saturated carbocycles. The van der Waals surface area contributed by atoms with Gasteiger partial charge in [-0.05, 0) is 19.2 Å². The molecule has 1 heterocycles. The second-order valence-electron chi connectivity index (χ2n) is 1.83. The molecule has 0 bridgehead atoms. The molecule has 5 heteroatoms. The predicted molar refractivity (Wildman–Crippen MR) is 44.2 cm³/mol. The number of aromatic nitrogens is 2. The van der Waals surface area contributed by atoms with Crippen molar-refractivity contribution in [3.8, 4) is 0 Å². The first-order chi connectivity index (χ1) is 4.72. The van der Waals surface area contributed by atoms with E-state index in [2.05, 4.69) is 9.97 Å². The van der Waals surface area contributed by atoms with Crippen molar-refractivity contribution < 1.29 is 29.6 Å². The van der Waals surface area contributed by atoms with Gasteiger partial charge in [-0.15, -0.1) is 0 Å². The minimum absolute atomic E-state index is 0. The number of thioether (sulfide) groups is 1. The van der Waals surface area contributed by atoms with Crippen LogP contribution in [0.3, 0.4) is 0 Å². The van der Waals surface area contributed by atoms with E-state index in [1.807, 2.05) is 13.2 Å². The van der Waals surface area contributed by atoms with Gasteiger partial charge in [0.15, 0.2) is 5.16 Å². The van der Waals surface area contributed by atoms with Gasteiger partial charge in [0.1, 0.15) is 0 Å². The van der Waals surface area contributed by atoms with Crippen molar-refractivity contribution in [2.45, 2.75) is 17.1 Å². The van der Waals surface area contributed by atoms with Crippen LogP contribution in [0.5, 0.6) is 0 Å². The van der Waals surface area contributed by atoms with Gasteiger partial charge in [0.25, 0.3) is 0 Å². The molecule has 54 valence electrons. The van der Waals surface area contributed by atoms with E-state index in [1.165, 1.54) is 11.8 Å². The average Bonchev–Trinajstić information content (AvgIpc) is 1.85. The molecule has 0 aliphatic carbocycles. The average molecular weight is 194 g/mol. The molecule has 11 heavy (non-hydrogen) atoms. The molecule has 0 amide bonds. The van der Waals surface area contributed by atoms with Crippen LogP contribution in [-0.2, 0) is 12.6 Å². The number of hydrogen-bond acceptors (Lipinski definition) is 4. The molecule has 2 nitrogen and oxygen atoms in total. The first kappa shape index (κ1) is 11.6. The third-order valence-electron chi connectivity index (χ3n) is 0.993. The van der Waals surface area contributed by atoms with Crippen molar-refractivity contribution >= 4 is 24.4 Å². The van der Waals surface area contributed by atoms with E-state index < -0.39 is 0 Å². The SMILES string of the molecule is CSc1nc(C)cc([S-])n1.[Na+]. The van der Waals surface area contributed by atoms with Gasteiger partial charge in [0.2, 0.25) is 0 Å². The van der Waals surface area contributed by atoms with Crippen LogP contribution in [0.4, 0.5) is 0 Å². The maximum absolute atomic E-state index is 4.89. The van der Waals surface area contributed by atoms with E-state index in [0.717, 1.165) is 10.9 Å². The van der Waals surface area contributed by atoms with Gasteiger partial charge in [-0.25, -0.2) is 4.98 Å². The molecule has 1 aromatic rings. The third kappa shape index (κ3) is 3.71. The molecule has 0 aromatic carbocycles. The molecule has 0 radical (unpaired) electrons. The van der Waals surface area contributed by atoms with E-state index in [4.69, 9.17) is 12.6 Å². The summed E-state index contributed by atoms with van der Waals surface area (Å²) in [5.74, 6) is 0. The Balaban J connectivity index is 0.000001000. The van der Waals surface area contributed by atoms with Crippen molar-refractivity contribution in [2.24, 2.45) is 0 Å². The zero-order valence-electron chi connectivity index (χ0n) is 6.79. The van der Waals surface area contributed by atoms with Crippen LogP contribution in [0.1, 0.15) is 5.69 Å². The standard InChI is InChI=1S/C6H8N2S2.Na/c1-4-3-5(9)8-6(7-4)10-2;/h3H,1-2H3,(H,7,8,9);/q;+1/p-1. The van der Waals surface area contributed by atoms with Crippen LogP contribution < -0.4 is 29.6 Å². The Kier molecular flexibility index (Phi) is 5.64. The van der Waals surface area contributed by atoms with Crippen LogP contribution >= 0.6 is 11.8 Å².